The van der Waals surface area contributed by atoms with Gasteiger partial charge in [-0.2, -0.15) is 0 Å². The summed E-state index contributed by atoms with van der Waals surface area (Å²) >= 11 is 13.3. The maximum atomic E-state index is 12.5. The third-order valence-electron chi connectivity index (χ3n) is 5.53. The molecule has 2 heterocycles. The largest absolute Gasteiger partial charge is 0.362 e. The second-order valence-corrected chi connectivity index (χ2v) is 10.3. The van der Waals surface area contributed by atoms with Gasteiger partial charge in [0.05, 0.1) is 26.2 Å². The molecule has 0 bridgehead atoms. The molecule has 0 saturated carbocycles. The SMILES string of the molecule is CCCN1c2ccc(/C=C3/SC(=Nc4ccc(Cl)c(Cl)c4)NC3=O)cc2C(C)=CC1(C)C. The number of hydrogen-bond acceptors (Lipinski definition) is 4. The van der Waals surface area contributed by atoms with Crippen molar-refractivity contribution in [1.82, 2.24) is 5.32 Å². The van der Waals surface area contributed by atoms with Crippen molar-refractivity contribution in [2.75, 3.05) is 11.4 Å². The van der Waals surface area contributed by atoms with Gasteiger partial charge in [0.25, 0.3) is 5.91 Å². The fourth-order valence-electron chi connectivity index (χ4n) is 4.13. The van der Waals surface area contributed by atoms with Gasteiger partial charge >= 0.3 is 0 Å². The summed E-state index contributed by atoms with van der Waals surface area (Å²) in [7, 11) is 0. The molecule has 166 valence electrons. The topological polar surface area (TPSA) is 44.7 Å². The van der Waals surface area contributed by atoms with Crippen molar-refractivity contribution in [3.05, 3.63) is 68.6 Å². The summed E-state index contributed by atoms with van der Waals surface area (Å²) in [4.78, 5) is 20.1. The number of fused-ring (bicyclic) bond motifs is 1. The fourth-order valence-corrected chi connectivity index (χ4v) is 5.26. The highest BCUT2D eigenvalue weighted by molar-refractivity contribution is 8.18. The molecule has 0 radical (unpaired) electrons. The number of carbonyl (C=O) groups excluding carboxylic acids is 1. The minimum Gasteiger partial charge on any atom is -0.362 e. The van der Waals surface area contributed by atoms with Gasteiger partial charge in [-0.1, -0.05) is 42.3 Å². The Kier molecular flexibility index (Phi) is 6.44. The van der Waals surface area contributed by atoms with Crippen molar-refractivity contribution < 1.29 is 4.79 Å². The van der Waals surface area contributed by atoms with Crippen LogP contribution in [-0.2, 0) is 4.79 Å². The molecule has 1 N–H and O–H groups in total. The first-order chi connectivity index (χ1) is 15.2. The number of amidine groups is 1. The van der Waals surface area contributed by atoms with Crippen LogP contribution in [0.5, 0.6) is 0 Å². The smallest absolute Gasteiger partial charge is 0.264 e. The van der Waals surface area contributed by atoms with Crippen LogP contribution in [0.2, 0.25) is 10.0 Å². The molecule has 0 spiro atoms. The zero-order valence-corrected chi connectivity index (χ0v) is 20.8. The molecule has 4 rings (SSSR count). The third kappa shape index (κ3) is 4.61. The summed E-state index contributed by atoms with van der Waals surface area (Å²) in [5.41, 5.74) is 5.30. The van der Waals surface area contributed by atoms with E-state index in [-0.39, 0.29) is 11.4 Å². The van der Waals surface area contributed by atoms with Crippen molar-refractivity contribution >= 4 is 69.1 Å². The maximum Gasteiger partial charge on any atom is 0.264 e. The number of carbonyl (C=O) groups is 1. The van der Waals surface area contributed by atoms with Crippen LogP contribution in [0.15, 0.2) is 52.4 Å². The van der Waals surface area contributed by atoms with E-state index >= 15 is 0 Å². The van der Waals surface area contributed by atoms with Crippen LogP contribution in [0.1, 0.15) is 45.2 Å². The Morgan fingerprint density at radius 1 is 1.16 bits per heavy atom. The Morgan fingerprint density at radius 2 is 1.94 bits per heavy atom. The lowest BCUT2D eigenvalue weighted by Gasteiger charge is -2.43. The molecule has 2 aromatic carbocycles. The number of allylic oxidation sites excluding steroid dienone is 1. The minimum atomic E-state index is -0.160. The quantitative estimate of drug-likeness (QED) is 0.462. The molecule has 32 heavy (non-hydrogen) atoms. The van der Waals surface area contributed by atoms with E-state index in [4.69, 9.17) is 23.2 Å². The molecule has 2 aliphatic rings. The first kappa shape index (κ1) is 23.0. The molecule has 1 saturated heterocycles. The van der Waals surface area contributed by atoms with Crippen molar-refractivity contribution in [3.8, 4) is 0 Å². The number of rotatable bonds is 4. The summed E-state index contributed by atoms with van der Waals surface area (Å²) < 4.78 is 0. The van der Waals surface area contributed by atoms with Gasteiger partial charge in [-0.15, -0.1) is 0 Å². The Bertz CT molecular complexity index is 1180. The van der Waals surface area contributed by atoms with E-state index in [0.717, 1.165) is 18.5 Å². The molecule has 1 fully saturated rings. The van der Waals surface area contributed by atoms with E-state index in [2.05, 4.69) is 67.2 Å². The van der Waals surface area contributed by atoms with Crippen LogP contribution in [0, 0.1) is 0 Å². The number of benzene rings is 2. The van der Waals surface area contributed by atoms with Crippen LogP contribution in [0.4, 0.5) is 11.4 Å². The van der Waals surface area contributed by atoms with Gasteiger partial charge in [-0.05, 0) is 86.5 Å². The number of nitrogens with zero attached hydrogens (tertiary/aromatic N) is 2. The minimum absolute atomic E-state index is 0.0236. The van der Waals surface area contributed by atoms with Gasteiger partial charge < -0.3 is 10.2 Å². The second kappa shape index (κ2) is 8.97. The molecule has 2 aliphatic heterocycles. The first-order valence-corrected chi connectivity index (χ1v) is 12.1. The van der Waals surface area contributed by atoms with Crippen LogP contribution in [0.25, 0.3) is 11.6 Å². The molecule has 0 atom stereocenters. The molecule has 0 aromatic heterocycles. The van der Waals surface area contributed by atoms with E-state index in [9.17, 15) is 4.79 Å². The highest BCUT2D eigenvalue weighted by Crippen LogP contribution is 2.40. The lowest BCUT2D eigenvalue weighted by molar-refractivity contribution is -0.115. The van der Waals surface area contributed by atoms with E-state index in [0.29, 0.717) is 25.8 Å². The van der Waals surface area contributed by atoms with E-state index in [1.54, 1.807) is 18.2 Å². The first-order valence-electron chi connectivity index (χ1n) is 10.5. The normalized spacial score (nSPS) is 19.9. The molecule has 0 aliphatic carbocycles. The lowest BCUT2D eigenvalue weighted by atomic mass is 9.88. The molecule has 2 aromatic rings. The molecule has 0 unspecified atom stereocenters. The second-order valence-electron chi connectivity index (χ2n) is 8.49. The average molecular weight is 486 g/mol. The summed E-state index contributed by atoms with van der Waals surface area (Å²) in [6.45, 7) is 9.85. The highest BCUT2D eigenvalue weighted by Gasteiger charge is 2.31. The summed E-state index contributed by atoms with van der Waals surface area (Å²) in [6, 6.07) is 11.5. The average Bonchev–Trinajstić information content (AvgIpc) is 3.06. The monoisotopic (exact) mass is 485 g/mol. The van der Waals surface area contributed by atoms with Crippen molar-refractivity contribution in [2.24, 2.45) is 4.99 Å². The molecular weight excluding hydrogens is 461 g/mol. The summed E-state index contributed by atoms with van der Waals surface area (Å²) in [6.07, 6.45) is 5.31. The molecule has 1 amide bonds. The lowest BCUT2D eigenvalue weighted by Crippen LogP contribution is -2.45. The number of nitrogens with one attached hydrogen (secondary N) is 1. The van der Waals surface area contributed by atoms with Gasteiger partial charge in [0.2, 0.25) is 0 Å². The molecule has 7 heteroatoms. The fraction of sp³-hybridized carbons (Fsp3) is 0.280. The summed E-state index contributed by atoms with van der Waals surface area (Å²) in [5.74, 6) is -0.160. The van der Waals surface area contributed by atoms with Crippen molar-refractivity contribution in [3.63, 3.8) is 0 Å². The summed E-state index contributed by atoms with van der Waals surface area (Å²) in [5, 5.41) is 4.24. The number of halogens is 2. The Balaban J connectivity index is 1.62. The number of amides is 1. The Morgan fingerprint density at radius 3 is 2.66 bits per heavy atom. The van der Waals surface area contributed by atoms with Crippen molar-refractivity contribution in [1.29, 1.82) is 0 Å². The van der Waals surface area contributed by atoms with Gasteiger partial charge in [0.1, 0.15) is 0 Å². The number of hydrogen-bond donors (Lipinski definition) is 1. The standard InChI is InChI=1S/C25H25Cl2N3OS/c1-5-10-30-21-9-6-16(11-18(21)15(2)14-25(30,3)4)12-22-23(31)29-24(32-22)28-17-7-8-19(26)20(27)13-17/h6-9,11-14H,5,10H2,1-4H3,(H,28,29,31)/b22-12+. The molecule has 4 nitrogen and oxygen atoms in total. The van der Waals surface area contributed by atoms with Crippen molar-refractivity contribution in [2.45, 2.75) is 39.7 Å². The maximum absolute atomic E-state index is 12.5. The molecular formula is C25H25Cl2N3OS. The zero-order chi connectivity index (χ0) is 23.0. The predicted molar refractivity (Wildman–Crippen MR) is 139 cm³/mol. The van der Waals surface area contributed by atoms with Gasteiger partial charge in [-0.3, -0.25) is 4.79 Å². The number of aliphatic imine (C=N–C) groups is 1. The van der Waals surface area contributed by atoms with E-state index in [1.807, 2.05) is 6.08 Å². The predicted octanol–water partition coefficient (Wildman–Crippen LogP) is 7.30. The highest BCUT2D eigenvalue weighted by atomic mass is 35.5. The number of anilines is 1. The van der Waals surface area contributed by atoms with Crippen LogP contribution < -0.4 is 10.2 Å². The Hall–Kier alpha value is -2.21. The van der Waals surface area contributed by atoms with Gasteiger partial charge in [-0.25, -0.2) is 4.99 Å². The van der Waals surface area contributed by atoms with Gasteiger partial charge in [0, 0.05) is 17.8 Å². The van der Waals surface area contributed by atoms with Crippen LogP contribution in [-0.4, -0.2) is 23.2 Å². The Labute approximate surface area is 203 Å². The number of thioether (sulfide) groups is 1. The van der Waals surface area contributed by atoms with E-state index in [1.165, 1.54) is 28.6 Å². The van der Waals surface area contributed by atoms with Crippen LogP contribution >= 0.6 is 35.0 Å². The van der Waals surface area contributed by atoms with E-state index < -0.39 is 0 Å². The van der Waals surface area contributed by atoms with Gasteiger partial charge in [0.15, 0.2) is 5.17 Å². The zero-order valence-electron chi connectivity index (χ0n) is 18.5. The van der Waals surface area contributed by atoms with Crippen LogP contribution in [0.3, 0.4) is 0 Å². The third-order valence-corrected chi connectivity index (χ3v) is 7.18.